The number of nitriles is 1. The minimum atomic E-state index is -1.38. The SMILES string of the molecule is CCCOc1c(NC(=O)c2ccc(NC(=O)[C@H](CC(N)=O)NC(=O)c3ccc(NC(=O)c4ccc(C#N)s4)cc3)cc2)ccc(C(=O)Nc2ccc(C(=O)O)cc2)c1O. The molecule has 1 aromatic heterocycles. The van der Waals surface area contributed by atoms with Crippen molar-refractivity contribution >= 4 is 75.5 Å². The Balaban J connectivity index is 1.21. The van der Waals surface area contributed by atoms with Gasteiger partial charge in [-0.15, -0.1) is 11.3 Å². The zero-order valence-corrected chi connectivity index (χ0v) is 31.8. The van der Waals surface area contributed by atoms with Gasteiger partial charge >= 0.3 is 5.97 Å². The molecule has 0 fully saturated rings. The molecule has 5 aromatic rings. The first-order valence-corrected chi connectivity index (χ1v) is 18.4. The average Bonchev–Trinajstić information content (AvgIpc) is 3.71. The molecular formula is C41H35N7O10S. The second-order valence-corrected chi connectivity index (χ2v) is 13.6. The second kappa shape index (κ2) is 19.2. The molecule has 5 rings (SSSR count). The number of thiophene rings is 1. The number of ether oxygens (including phenoxy) is 1. The lowest BCUT2D eigenvalue weighted by molar-refractivity contribution is -0.123. The number of nitrogens with one attached hydrogen (secondary N) is 5. The first-order chi connectivity index (χ1) is 28.3. The van der Waals surface area contributed by atoms with Crippen LogP contribution >= 0.6 is 11.3 Å². The highest BCUT2D eigenvalue weighted by atomic mass is 32.1. The number of carboxylic acid groups (broad SMARTS) is 1. The molecule has 300 valence electrons. The van der Waals surface area contributed by atoms with E-state index >= 15 is 0 Å². The smallest absolute Gasteiger partial charge is 0.335 e. The third-order valence-electron chi connectivity index (χ3n) is 8.25. The van der Waals surface area contributed by atoms with E-state index in [1.165, 1.54) is 97.1 Å². The van der Waals surface area contributed by atoms with Crippen LogP contribution in [0.25, 0.3) is 0 Å². The highest BCUT2D eigenvalue weighted by Crippen LogP contribution is 2.38. The number of carboxylic acids is 1. The van der Waals surface area contributed by atoms with E-state index in [2.05, 4.69) is 26.6 Å². The molecular weight excluding hydrogens is 783 g/mol. The number of amides is 6. The molecule has 0 spiro atoms. The molecule has 4 aromatic carbocycles. The van der Waals surface area contributed by atoms with E-state index in [1.807, 2.05) is 13.0 Å². The van der Waals surface area contributed by atoms with Gasteiger partial charge in [0.2, 0.25) is 11.8 Å². The minimum absolute atomic E-state index is 0.0225. The van der Waals surface area contributed by atoms with Crippen LogP contribution in [0, 0.1) is 11.3 Å². The summed E-state index contributed by atoms with van der Waals surface area (Å²) in [7, 11) is 0. The van der Waals surface area contributed by atoms with Gasteiger partial charge in [0.05, 0.1) is 34.7 Å². The van der Waals surface area contributed by atoms with E-state index < -0.39 is 59.6 Å². The lowest BCUT2D eigenvalue weighted by Crippen LogP contribution is -2.46. The maximum atomic E-state index is 13.3. The van der Waals surface area contributed by atoms with Gasteiger partial charge in [-0.25, -0.2) is 4.79 Å². The number of carbonyl (C=O) groups excluding carboxylic acids is 6. The van der Waals surface area contributed by atoms with E-state index in [0.29, 0.717) is 21.9 Å². The monoisotopic (exact) mass is 817 g/mol. The van der Waals surface area contributed by atoms with E-state index in [1.54, 1.807) is 0 Å². The Morgan fingerprint density at radius 3 is 1.81 bits per heavy atom. The van der Waals surface area contributed by atoms with Crippen LogP contribution < -0.4 is 37.1 Å². The number of hydrogen-bond donors (Lipinski definition) is 8. The summed E-state index contributed by atoms with van der Waals surface area (Å²) in [5, 5.41) is 42.1. The number of nitrogens with two attached hydrogens (primary N) is 1. The Labute approximate surface area is 339 Å². The normalized spacial score (nSPS) is 10.9. The molecule has 18 heteroatoms. The molecule has 0 radical (unpaired) electrons. The predicted octanol–water partition coefficient (Wildman–Crippen LogP) is 5.18. The van der Waals surface area contributed by atoms with Gasteiger partial charge in [-0.1, -0.05) is 6.92 Å². The summed E-state index contributed by atoms with van der Waals surface area (Å²) < 4.78 is 5.70. The molecule has 0 saturated heterocycles. The molecule has 1 heterocycles. The number of phenols is 1. The van der Waals surface area contributed by atoms with Crippen molar-refractivity contribution in [1.82, 2.24) is 5.32 Å². The Morgan fingerprint density at radius 2 is 1.27 bits per heavy atom. The van der Waals surface area contributed by atoms with Crippen LogP contribution in [0.1, 0.15) is 75.7 Å². The summed E-state index contributed by atoms with van der Waals surface area (Å²) in [4.78, 5) is 88.7. The lowest BCUT2D eigenvalue weighted by Gasteiger charge is -2.18. The number of rotatable bonds is 16. The second-order valence-electron chi connectivity index (χ2n) is 12.5. The third kappa shape index (κ3) is 11.1. The molecule has 0 unspecified atom stereocenters. The van der Waals surface area contributed by atoms with Crippen molar-refractivity contribution in [3.63, 3.8) is 0 Å². The largest absolute Gasteiger partial charge is 0.504 e. The van der Waals surface area contributed by atoms with E-state index in [0.717, 1.165) is 11.3 Å². The van der Waals surface area contributed by atoms with Gasteiger partial charge in [-0.05, 0) is 103 Å². The molecule has 1 atom stereocenters. The van der Waals surface area contributed by atoms with Crippen molar-refractivity contribution in [1.29, 1.82) is 5.26 Å². The first-order valence-electron chi connectivity index (χ1n) is 17.6. The van der Waals surface area contributed by atoms with Gasteiger partial charge in [-0.2, -0.15) is 5.26 Å². The fourth-order valence-electron chi connectivity index (χ4n) is 5.30. The Bertz CT molecular complexity index is 2460. The molecule has 17 nitrogen and oxygen atoms in total. The molecule has 0 aliphatic heterocycles. The molecule has 0 bridgehead atoms. The number of benzene rings is 4. The minimum Gasteiger partial charge on any atom is -0.504 e. The van der Waals surface area contributed by atoms with Gasteiger partial charge in [0.25, 0.3) is 23.6 Å². The number of aromatic carboxylic acids is 1. The number of aromatic hydroxyl groups is 1. The molecule has 59 heavy (non-hydrogen) atoms. The van der Waals surface area contributed by atoms with E-state index in [-0.39, 0.29) is 51.7 Å². The molecule has 6 amide bonds. The third-order valence-corrected chi connectivity index (χ3v) is 9.24. The summed E-state index contributed by atoms with van der Waals surface area (Å²) in [6.07, 6.45) is 0.00107. The summed E-state index contributed by atoms with van der Waals surface area (Å²) in [5.41, 5.74) is 6.36. The highest BCUT2D eigenvalue weighted by Gasteiger charge is 2.25. The first kappa shape index (κ1) is 42.1. The van der Waals surface area contributed by atoms with Crippen LogP contribution in [-0.4, -0.2) is 64.3 Å². The van der Waals surface area contributed by atoms with Crippen LogP contribution in [0.15, 0.2) is 97.1 Å². The number of carbonyl (C=O) groups is 7. The molecule has 0 saturated carbocycles. The molecule has 0 aliphatic carbocycles. The lowest BCUT2D eigenvalue weighted by atomic mass is 10.1. The number of phenolic OH excluding ortho intramolecular Hbond substituents is 1. The van der Waals surface area contributed by atoms with E-state index in [4.69, 9.17) is 20.8 Å². The Kier molecular flexibility index (Phi) is 13.7. The van der Waals surface area contributed by atoms with Crippen LogP contribution in [0.2, 0.25) is 0 Å². The summed E-state index contributed by atoms with van der Waals surface area (Å²) in [6, 6.07) is 23.0. The zero-order valence-electron chi connectivity index (χ0n) is 31.0. The average molecular weight is 818 g/mol. The summed E-state index contributed by atoms with van der Waals surface area (Å²) in [6.45, 7) is 1.96. The van der Waals surface area contributed by atoms with Crippen molar-refractivity contribution in [2.24, 2.45) is 5.73 Å². The highest BCUT2D eigenvalue weighted by molar-refractivity contribution is 7.14. The van der Waals surface area contributed by atoms with Gasteiger partial charge in [-0.3, -0.25) is 28.8 Å². The molecule has 9 N–H and O–H groups in total. The van der Waals surface area contributed by atoms with Crippen LogP contribution in [0.5, 0.6) is 11.5 Å². The number of hydrogen-bond acceptors (Lipinski definition) is 11. The summed E-state index contributed by atoms with van der Waals surface area (Å²) in [5.74, 6) is -5.97. The number of nitrogens with zero attached hydrogens (tertiary/aromatic N) is 1. The number of primary amides is 1. The van der Waals surface area contributed by atoms with Crippen molar-refractivity contribution in [3.05, 3.63) is 129 Å². The van der Waals surface area contributed by atoms with Gasteiger partial charge in [0, 0.05) is 28.2 Å². The quantitative estimate of drug-likeness (QED) is 0.0642. The fourth-order valence-corrected chi connectivity index (χ4v) is 5.99. The van der Waals surface area contributed by atoms with Crippen LogP contribution in [0.3, 0.4) is 0 Å². The standard InChI is InChI=1S/C41H35N7O10S/c1-2-19-58-35-30(17-16-29(34(35)50)38(53)44-25-13-7-24(8-14-25)41(56)57)47-36(51)22-3-9-26(10-4-22)45-39(54)31(20-33(43)49)48-37(52)23-5-11-27(12-6-23)46-40(55)32-18-15-28(21-42)59-32/h3-18,31,50H,2,19-20H2,1H3,(H2,43,49)(H,44,53)(H,45,54)(H,46,55)(H,47,51)(H,48,52)(H,56,57)/t31-/m0/s1. The fraction of sp³-hybridized carbons (Fsp3) is 0.122. The summed E-state index contributed by atoms with van der Waals surface area (Å²) >= 11 is 1.03. The van der Waals surface area contributed by atoms with Crippen LogP contribution in [0.4, 0.5) is 22.7 Å². The van der Waals surface area contributed by atoms with Crippen molar-refractivity contribution < 1.29 is 48.5 Å². The maximum absolute atomic E-state index is 13.3. The van der Waals surface area contributed by atoms with Gasteiger partial charge in [0.15, 0.2) is 11.5 Å². The van der Waals surface area contributed by atoms with Crippen molar-refractivity contribution in [2.45, 2.75) is 25.8 Å². The van der Waals surface area contributed by atoms with E-state index in [9.17, 15) is 38.7 Å². The van der Waals surface area contributed by atoms with Gasteiger partial charge in [0.1, 0.15) is 17.0 Å². The Hall–Kier alpha value is -8.04. The van der Waals surface area contributed by atoms with Crippen LogP contribution in [-0.2, 0) is 9.59 Å². The van der Waals surface area contributed by atoms with Crippen molar-refractivity contribution in [2.75, 3.05) is 27.9 Å². The predicted molar refractivity (Wildman–Crippen MR) is 217 cm³/mol. The molecule has 0 aliphatic rings. The Morgan fingerprint density at radius 1 is 0.712 bits per heavy atom. The number of anilines is 4. The zero-order chi connectivity index (χ0) is 42.6. The topological polar surface area (TPSA) is 279 Å². The van der Waals surface area contributed by atoms with Gasteiger partial charge < -0.3 is 47.3 Å². The van der Waals surface area contributed by atoms with Crippen molar-refractivity contribution in [3.8, 4) is 17.6 Å². The maximum Gasteiger partial charge on any atom is 0.335 e.